The molecule has 3 aromatic carbocycles. The fraction of sp³-hybridized carbons (Fsp3) is 0.286. The maximum Gasteiger partial charge on any atom is 0.261 e. The Hall–Kier alpha value is -3.11. The SMILES string of the molecule is Cc1cccc(C)c1OCCCCCCn1c(-c2ccc(Cl)cc2)nc2ccccc2c1=O. The van der Waals surface area contributed by atoms with Crippen LogP contribution >= 0.6 is 11.6 Å². The maximum absolute atomic E-state index is 13.3. The first-order valence-corrected chi connectivity index (χ1v) is 11.9. The van der Waals surface area contributed by atoms with Gasteiger partial charge in [-0.3, -0.25) is 9.36 Å². The van der Waals surface area contributed by atoms with Gasteiger partial charge in [0.25, 0.3) is 5.56 Å². The smallest absolute Gasteiger partial charge is 0.261 e. The summed E-state index contributed by atoms with van der Waals surface area (Å²) in [4.78, 5) is 18.1. The van der Waals surface area contributed by atoms with Gasteiger partial charge in [0.1, 0.15) is 11.6 Å². The molecule has 0 atom stereocenters. The van der Waals surface area contributed by atoms with Gasteiger partial charge in [-0.15, -0.1) is 0 Å². The van der Waals surface area contributed by atoms with Crippen molar-refractivity contribution < 1.29 is 4.74 Å². The molecule has 0 N–H and O–H groups in total. The molecule has 4 nitrogen and oxygen atoms in total. The predicted octanol–water partition coefficient (Wildman–Crippen LogP) is 6.97. The summed E-state index contributed by atoms with van der Waals surface area (Å²) in [6, 6.07) is 21.2. The maximum atomic E-state index is 13.3. The molecule has 4 aromatic rings. The molecule has 0 aliphatic heterocycles. The molecule has 33 heavy (non-hydrogen) atoms. The van der Waals surface area contributed by atoms with Gasteiger partial charge in [-0.2, -0.15) is 0 Å². The zero-order valence-corrected chi connectivity index (χ0v) is 19.9. The molecular weight excluding hydrogens is 432 g/mol. The van der Waals surface area contributed by atoms with E-state index in [-0.39, 0.29) is 5.56 Å². The number of hydrogen-bond donors (Lipinski definition) is 0. The quantitative estimate of drug-likeness (QED) is 0.253. The molecule has 0 saturated heterocycles. The minimum absolute atomic E-state index is 0.00362. The lowest BCUT2D eigenvalue weighted by Crippen LogP contribution is -2.23. The summed E-state index contributed by atoms with van der Waals surface area (Å²) in [6.07, 6.45) is 3.97. The van der Waals surface area contributed by atoms with E-state index in [1.54, 1.807) is 4.57 Å². The molecule has 4 rings (SSSR count). The van der Waals surface area contributed by atoms with Crippen molar-refractivity contribution in [3.8, 4) is 17.1 Å². The second-order valence-corrected chi connectivity index (χ2v) is 8.84. The van der Waals surface area contributed by atoms with Crippen LogP contribution in [0.2, 0.25) is 5.02 Å². The van der Waals surface area contributed by atoms with Crippen LogP contribution < -0.4 is 10.3 Å². The number of fused-ring (bicyclic) bond motifs is 1. The summed E-state index contributed by atoms with van der Waals surface area (Å²) in [7, 11) is 0. The number of halogens is 1. The van der Waals surface area contributed by atoms with Gasteiger partial charge in [-0.25, -0.2) is 4.98 Å². The number of rotatable bonds is 9. The molecule has 1 aromatic heterocycles. The van der Waals surface area contributed by atoms with Crippen molar-refractivity contribution in [1.29, 1.82) is 0 Å². The van der Waals surface area contributed by atoms with Crippen LogP contribution in [-0.4, -0.2) is 16.2 Å². The molecule has 170 valence electrons. The van der Waals surface area contributed by atoms with E-state index in [1.807, 2.05) is 48.5 Å². The highest BCUT2D eigenvalue weighted by molar-refractivity contribution is 6.30. The molecule has 5 heteroatoms. The lowest BCUT2D eigenvalue weighted by atomic mass is 10.1. The molecule has 0 aliphatic carbocycles. The standard InChI is InChI=1S/C28H29ClN2O2/c1-20-10-9-11-21(2)26(20)33-19-8-4-3-7-18-31-27(22-14-16-23(29)17-15-22)30-25-13-6-5-12-24(25)28(31)32/h5-6,9-17H,3-4,7-8,18-19H2,1-2H3. The summed E-state index contributed by atoms with van der Waals surface area (Å²) < 4.78 is 7.81. The van der Waals surface area contributed by atoms with E-state index in [9.17, 15) is 4.79 Å². The van der Waals surface area contributed by atoms with Crippen LogP contribution in [0, 0.1) is 13.8 Å². The molecule has 0 saturated carbocycles. The van der Waals surface area contributed by atoms with E-state index >= 15 is 0 Å². The lowest BCUT2D eigenvalue weighted by molar-refractivity contribution is 0.300. The van der Waals surface area contributed by atoms with E-state index < -0.39 is 0 Å². The lowest BCUT2D eigenvalue weighted by Gasteiger charge is -2.14. The Balaban J connectivity index is 1.40. The second kappa shape index (κ2) is 10.7. The number of hydrogen-bond acceptors (Lipinski definition) is 3. The Morgan fingerprint density at radius 2 is 1.55 bits per heavy atom. The van der Waals surface area contributed by atoms with Gasteiger partial charge < -0.3 is 4.74 Å². The van der Waals surface area contributed by atoms with E-state index in [4.69, 9.17) is 21.3 Å². The van der Waals surface area contributed by atoms with Gasteiger partial charge in [0.2, 0.25) is 0 Å². The van der Waals surface area contributed by atoms with Crippen molar-refractivity contribution >= 4 is 22.5 Å². The number of aromatic nitrogens is 2. The average Bonchev–Trinajstić information content (AvgIpc) is 2.81. The van der Waals surface area contributed by atoms with Crippen molar-refractivity contribution in [2.75, 3.05) is 6.61 Å². The van der Waals surface area contributed by atoms with Crippen molar-refractivity contribution in [3.05, 3.63) is 93.2 Å². The summed E-state index contributed by atoms with van der Waals surface area (Å²) in [5, 5.41) is 1.31. The molecule has 0 radical (unpaired) electrons. The van der Waals surface area contributed by atoms with Gasteiger partial charge >= 0.3 is 0 Å². The fourth-order valence-electron chi connectivity index (χ4n) is 4.12. The number of unbranched alkanes of at least 4 members (excludes halogenated alkanes) is 3. The second-order valence-electron chi connectivity index (χ2n) is 8.40. The van der Waals surface area contributed by atoms with Gasteiger partial charge in [0.15, 0.2) is 0 Å². The van der Waals surface area contributed by atoms with Crippen molar-refractivity contribution in [1.82, 2.24) is 9.55 Å². The third kappa shape index (κ3) is 5.45. The van der Waals surface area contributed by atoms with Crippen molar-refractivity contribution in [2.45, 2.75) is 46.1 Å². The van der Waals surface area contributed by atoms with E-state index in [1.165, 1.54) is 11.1 Å². The normalized spacial score (nSPS) is 11.1. The van der Waals surface area contributed by atoms with Crippen LogP contribution in [0.15, 0.2) is 71.5 Å². The number of para-hydroxylation sites is 2. The van der Waals surface area contributed by atoms with Gasteiger partial charge in [0, 0.05) is 17.1 Å². The van der Waals surface area contributed by atoms with Crippen LogP contribution in [0.4, 0.5) is 0 Å². The number of aryl methyl sites for hydroxylation is 2. The van der Waals surface area contributed by atoms with E-state index in [0.717, 1.165) is 37.0 Å². The zero-order chi connectivity index (χ0) is 23.2. The summed E-state index contributed by atoms with van der Waals surface area (Å²) in [6.45, 7) is 5.50. The third-order valence-corrected chi connectivity index (χ3v) is 6.15. The van der Waals surface area contributed by atoms with E-state index in [0.29, 0.717) is 34.9 Å². The van der Waals surface area contributed by atoms with Gasteiger partial charge in [-0.1, -0.05) is 54.8 Å². The first-order chi connectivity index (χ1) is 16.0. The summed E-state index contributed by atoms with van der Waals surface area (Å²) in [5.41, 5.74) is 3.96. The predicted molar refractivity (Wildman–Crippen MR) is 136 cm³/mol. The molecule has 1 heterocycles. The monoisotopic (exact) mass is 460 g/mol. The summed E-state index contributed by atoms with van der Waals surface area (Å²) in [5.74, 6) is 1.69. The molecule has 0 fully saturated rings. The molecule has 0 aliphatic rings. The van der Waals surface area contributed by atoms with Crippen LogP contribution in [0.5, 0.6) is 5.75 Å². The first-order valence-electron chi connectivity index (χ1n) is 11.5. The fourth-order valence-corrected chi connectivity index (χ4v) is 4.25. The Labute approximate surface area is 199 Å². The van der Waals surface area contributed by atoms with Crippen LogP contribution in [0.1, 0.15) is 36.8 Å². The van der Waals surface area contributed by atoms with Gasteiger partial charge in [-0.05, 0) is 74.2 Å². The molecule has 0 unspecified atom stereocenters. The number of nitrogens with zero attached hydrogens (tertiary/aromatic N) is 2. The van der Waals surface area contributed by atoms with E-state index in [2.05, 4.69) is 32.0 Å². The van der Waals surface area contributed by atoms with Crippen LogP contribution in [-0.2, 0) is 6.54 Å². The van der Waals surface area contributed by atoms with Gasteiger partial charge in [0.05, 0.1) is 17.5 Å². The average molecular weight is 461 g/mol. The van der Waals surface area contributed by atoms with Crippen LogP contribution in [0.3, 0.4) is 0 Å². The number of benzene rings is 3. The zero-order valence-electron chi connectivity index (χ0n) is 19.2. The minimum atomic E-state index is 0.00362. The Morgan fingerprint density at radius 1 is 0.848 bits per heavy atom. The molecule has 0 spiro atoms. The topological polar surface area (TPSA) is 44.1 Å². The molecular formula is C28H29ClN2O2. The first kappa shape index (κ1) is 23.1. The largest absolute Gasteiger partial charge is 0.493 e. The highest BCUT2D eigenvalue weighted by Crippen LogP contribution is 2.23. The minimum Gasteiger partial charge on any atom is -0.493 e. The van der Waals surface area contributed by atoms with Crippen molar-refractivity contribution in [2.24, 2.45) is 0 Å². The third-order valence-electron chi connectivity index (χ3n) is 5.90. The Kier molecular flexibility index (Phi) is 7.46. The van der Waals surface area contributed by atoms with Crippen LogP contribution in [0.25, 0.3) is 22.3 Å². The van der Waals surface area contributed by atoms with Crippen molar-refractivity contribution in [3.63, 3.8) is 0 Å². The summed E-state index contributed by atoms with van der Waals surface area (Å²) >= 11 is 6.07. The Bertz CT molecular complexity index is 1280. The Morgan fingerprint density at radius 3 is 2.30 bits per heavy atom. The molecule has 0 amide bonds. The highest BCUT2D eigenvalue weighted by atomic mass is 35.5. The number of ether oxygens (including phenoxy) is 1. The molecule has 0 bridgehead atoms. The highest BCUT2D eigenvalue weighted by Gasteiger charge is 2.12.